The Balaban J connectivity index is 2.30. The standard InChI is InChI=1S/C14H18BrN3O/c1-9-11(5-4-6-13(9)17-10(2)19)14-12(15)7-16-8-18(14)3/h4-7,9,13H,8H2,1-3H3,(H,17,19). The SMILES string of the molecule is CC(=O)NC1C=CC=C(C2=C(Br)C=NCN2C)C1C. The van der Waals surface area contributed by atoms with Gasteiger partial charge in [0, 0.05) is 26.1 Å². The maximum Gasteiger partial charge on any atom is 0.217 e. The third-order valence-corrected chi connectivity index (χ3v) is 3.95. The smallest absolute Gasteiger partial charge is 0.217 e. The van der Waals surface area contributed by atoms with Crippen molar-refractivity contribution in [3.8, 4) is 0 Å². The molecule has 2 rings (SSSR count). The number of hydrogen-bond acceptors (Lipinski definition) is 3. The molecule has 1 amide bonds. The van der Waals surface area contributed by atoms with E-state index >= 15 is 0 Å². The second kappa shape index (κ2) is 5.74. The lowest BCUT2D eigenvalue weighted by molar-refractivity contribution is -0.119. The first-order valence-electron chi connectivity index (χ1n) is 6.27. The monoisotopic (exact) mass is 323 g/mol. The number of aliphatic imine (C=N–C) groups is 1. The van der Waals surface area contributed by atoms with Crippen LogP contribution >= 0.6 is 15.9 Å². The van der Waals surface area contributed by atoms with Crippen molar-refractivity contribution in [2.75, 3.05) is 13.7 Å². The highest BCUT2D eigenvalue weighted by Gasteiger charge is 2.27. The number of amides is 1. The lowest BCUT2D eigenvalue weighted by Crippen LogP contribution is -2.40. The summed E-state index contributed by atoms with van der Waals surface area (Å²) in [5.41, 5.74) is 2.35. The number of hydrogen-bond donors (Lipinski definition) is 1. The normalized spacial score (nSPS) is 26.5. The van der Waals surface area contributed by atoms with Gasteiger partial charge >= 0.3 is 0 Å². The van der Waals surface area contributed by atoms with Gasteiger partial charge in [-0.2, -0.15) is 0 Å². The van der Waals surface area contributed by atoms with Crippen molar-refractivity contribution < 1.29 is 4.79 Å². The zero-order chi connectivity index (χ0) is 14.0. The van der Waals surface area contributed by atoms with Gasteiger partial charge in [-0.3, -0.25) is 9.79 Å². The van der Waals surface area contributed by atoms with Gasteiger partial charge in [-0.1, -0.05) is 25.2 Å². The third kappa shape index (κ3) is 2.97. The van der Waals surface area contributed by atoms with E-state index < -0.39 is 0 Å². The Hall–Kier alpha value is -1.36. The molecule has 4 nitrogen and oxygen atoms in total. The summed E-state index contributed by atoms with van der Waals surface area (Å²) in [7, 11) is 2.02. The molecular formula is C14H18BrN3O. The predicted molar refractivity (Wildman–Crippen MR) is 81.1 cm³/mol. The van der Waals surface area contributed by atoms with Gasteiger partial charge in [-0.25, -0.2) is 0 Å². The van der Waals surface area contributed by atoms with Crippen LogP contribution in [0.3, 0.4) is 0 Å². The number of rotatable bonds is 2. The highest BCUT2D eigenvalue weighted by atomic mass is 79.9. The van der Waals surface area contributed by atoms with Crippen molar-refractivity contribution >= 4 is 28.1 Å². The highest BCUT2D eigenvalue weighted by molar-refractivity contribution is 9.12. The summed E-state index contributed by atoms with van der Waals surface area (Å²) in [6.07, 6.45) is 7.98. The molecule has 1 heterocycles. The van der Waals surface area contributed by atoms with Crippen LogP contribution in [-0.4, -0.2) is 36.8 Å². The minimum absolute atomic E-state index is 0.00523. The summed E-state index contributed by atoms with van der Waals surface area (Å²) in [5.74, 6) is 0.222. The van der Waals surface area contributed by atoms with Crippen LogP contribution in [0.5, 0.6) is 0 Å². The third-order valence-electron chi connectivity index (χ3n) is 3.37. The van der Waals surface area contributed by atoms with Gasteiger partial charge in [0.1, 0.15) is 6.67 Å². The molecule has 2 aliphatic rings. The largest absolute Gasteiger partial charge is 0.354 e. The van der Waals surface area contributed by atoms with Crippen LogP contribution < -0.4 is 5.32 Å². The molecule has 0 saturated heterocycles. The summed E-state index contributed by atoms with van der Waals surface area (Å²) in [4.78, 5) is 17.6. The number of nitrogens with one attached hydrogen (secondary N) is 1. The van der Waals surface area contributed by atoms with Gasteiger partial charge in [0.25, 0.3) is 0 Å². The predicted octanol–water partition coefficient (Wildman–Crippen LogP) is 2.20. The van der Waals surface area contributed by atoms with E-state index in [1.54, 1.807) is 6.92 Å². The fraction of sp³-hybridized carbons (Fsp3) is 0.429. The molecule has 2 atom stereocenters. The van der Waals surface area contributed by atoms with Crippen molar-refractivity contribution in [3.05, 3.63) is 34.0 Å². The molecule has 1 aliphatic heterocycles. The van der Waals surface area contributed by atoms with Crippen LogP contribution in [0, 0.1) is 5.92 Å². The van der Waals surface area contributed by atoms with Crippen molar-refractivity contribution in [2.24, 2.45) is 10.9 Å². The molecular weight excluding hydrogens is 306 g/mol. The summed E-state index contributed by atoms with van der Waals surface area (Å²) in [6.45, 7) is 4.33. The summed E-state index contributed by atoms with van der Waals surface area (Å²) in [6, 6.07) is 0.0394. The maximum absolute atomic E-state index is 11.3. The van der Waals surface area contributed by atoms with Gasteiger partial charge in [0.2, 0.25) is 5.91 Å². The second-order valence-corrected chi connectivity index (χ2v) is 5.72. The van der Waals surface area contributed by atoms with Crippen molar-refractivity contribution in [3.63, 3.8) is 0 Å². The molecule has 0 fully saturated rings. The molecule has 0 aromatic rings. The maximum atomic E-state index is 11.3. The lowest BCUT2D eigenvalue weighted by atomic mass is 9.86. The molecule has 2 unspecified atom stereocenters. The van der Waals surface area contributed by atoms with Crippen LogP contribution in [0.15, 0.2) is 39.0 Å². The molecule has 0 bridgehead atoms. The summed E-state index contributed by atoms with van der Waals surface area (Å²) >= 11 is 3.57. The fourth-order valence-corrected chi connectivity index (χ4v) is 3.09. The van der Waals surface area contributed by atoms with Crippen molar-refractivity contribution in [2.45, 2.75) is 19.9 Å². The summed E-state index contributed by atoms with van der Waals surface area (Å²) < 4.78 is 0.983. The van der Waals surface area contributed by atoms with Crippen LogP contribution in [-0.2, 0) is 4.79 Å². The van der Waals surface area contributed by atoms with Gasteiger partial charge in [-0.05, 0) is 21.5 Å². The number of likely N-dealkylation sites (N-methyl/N-ethyl adjacent to an activating group) is 1. The Morgan fingerprint density at radius 3 is 2.95 bits per heavy atom. The quantitative estimate of drug-likeness (QED) is 0.846. The second-order valence-electron chi connectivity index (χ2n) is 4.87. The Morgan fingerprint density at radius 2 is 2.32 bits per heavy atom. The van der Waals surface area contributed by atoms with Crippen LogP contribution in [0.2, 0.25) is 0 Å². The van der Waals surface area contributed by atoms with Crippen LogP contribution in [0.25, 0.3) is 0 Å². The first kappa shape index (κ1) is 14.1. The molecule has 0 aromatic heterocycles. The molecule has 19 heavy (non-hydrogen) atoms. The summed E-state index contributed by atoms with van der Waals surface area (Å²) in [5, 5.41) is 2.97. The molecule has 0 saturated carbocycles. The fourth-order valence-electron chi connectivity index (χ4n) is 2.41. The van der Waals surface area contributed by atoms with E-state index in [1.807, 2.05) is 25.4 Å². The van der Waals surface area contributed by atoms with Gasteiger partial charge < -0.3 is 10.2 Å². The van der Waals surface area contributed by atoms with E-state index in [2.05, 4.69) is 44.1 Å². The van der Waals surface area contributed by atoms with E-state index in [9.17, 15) is 4.79 Å². The average molecular weight is 324 g/mol. The van der Waals surface area contributed by atoms with Gasteiger partial charge in [0.05, 0.1) is 16.2 Å². The van der Waals surface area contributed by atoms with Gasteiger partial charge in [-0.15, -0.1) is 0 Å². The van der Waals surface area contributed by atoms with E-state index in [-0.39, 0.29) is 17.9 Å². The molecule has 1 aliphatic carbocycles. The molecule has 102 valence electrons. The van der Waals surface area contributed by atoms with E-state index in [1.165, 1.54) is 5.57 Å². The Bertz CT molecular complexity index is 505. The molecule has 0 spiro atoms. The number of carbonyl (C=O) groups is 1. The first-order valence-corrected chi connectivity index (χ1v) is 7.06. The Labute approximate surface area is 122 Å². The molecule has 1 N–H and O–H groups in total. The number of carbonyl (C=O) groups excluding carboxylic acids is 1. The molecule has 5 heteroatoms. The van der Waals surface area contributed by atoms with Crippen molar-refractivity contribution in [1.82, 2.24) is 10.2 Å². The lowest BCUT2D eigenvalue weighted by Gasteiger charge is -2.33. The van der Waals surface area contributed by atoms with E-state index in [4.69, 9.17) is 0 Å². The number of allylic oxidation sites excluding steroid dienone is 4. The molecule has 0 radical (unpaired) electrons. The van der Waals surface area contributed by atoms with Crippen LogP contribution in [0.1, 0.15) is 13.8 Å². The van der Waals surface area contributed by atoms with E-state index in [0.717, 1.165) is 10.2 Å². The first-order chi connectivity index (χ1) is 9.00. The average Bonchev–Trinajstić information content (AvgIpc) is 2.33. The zero-order valence-electron chi connectivity index (χ0n) is 11.4. The van der Waals surface area contributed by atoms with Crippen LogP contribution in [0.4, 0.5) is 0 Å². The van der Waals surface area contributed by atoms with E-state index in [0.29, 0.717) is 6.67 Å². The number of halogens is 1. The Kier molecular flexibility index (Phi) is 4.24. The van der Waals surface area contributed by atoms with Gasteiger partial charge in [0.15, 0.2) is 0 Å². The Morgan fingerprint density at radius 1 is 1.58 bits per heavy atom. The number of nitrogens with zero attached hydrogens (tertiary/aromatic N) is 2. The zero-order valence-corrected chi connectivity index (χ0v) is 12.9. The minimum Gasteiger partial charge on any atom is -0.354 e. The topological polar surface area (TPSA) is 44.7 Å². The highest BCUT2D eigenvalue weighted by Crippen LogP contribution is 2.32. The van der Waals surface area contributed by atoms with Crippen molar-refractivity contribution in [1.29, 1.82) is 0 Å². The molecule has 0 aromatic carbocycles. The minimum atomic E-state index is -0.00523.